The molecule has 0 radical (unpaired) electrons. The molecule has 5 nitrogen and oxygen atoms in total. The highest BCUT2D eigenvalue weighted by Gasteiger charge is 2.42. The van der Waals surface area contributed by atoms with E-state index in [0.717, 1.165) is 11.3 Å². The molecule has 1 aliphatic heterocycles. The maximum Gasteiger partial charge on any atom is 0.307 e. The minimum absolute atomic E-state index is 0.168. The Morgan fingerprint density at radius 2 is 1.95 bits per heavy atom. The van der Waals surface area contributed by atoms with Gasteiger partial charge in [-0.3, -0.25) is 9.59 Å². The van der Waals surface area contributed by atoms with Crippen molar-refractivity contribution in [2.45, 2.75) is 18.9 Å². The summed E-state index contributed by atoms with van der Waals surface area (Å²) < 4.78 is 5.49. The fraction of sp³-hybridized carbons (Fsp3) is 0.429. The molecule has 0 aromatic heterocycles. The molecule has 1 amide bonds. The van der Waals surface area contributed by atoms with E-state index in [1.54, 1.807) is 0 Å². The van der Waals surface area contributed by atoms with Crippen molar-refractivity contribution in [1.82, 2.24) is 5.32 Å². The summed E-state index contributed by atoms with van der Waals surface area (Å²) >= 11 is 0. The summed E-state index contributed by atoms with van der Waals surface area (Å²) in [6.07, 6.45) is 1.24. The molecule has 1 fully saturated rings. The van der Waals surface area contributed by atoms with Crippen LogP contribution in [0.15, 0.2) is 24.3 Å². The number of hydrogen-bond acceptors (Lipinski definition) is 3. The average molecular weight is 261 g/mol. The summed E-state index contributed by atoms with van der Waals surface area (Å²) in [4.78, 5) is 23.0. The molecule has 19 heavy (non-hydrogen) atoms. The summed E-state index contributed by atoms with van der Waals surface area (Å²) in [5.74, 6) is -1.20. The Kier molecular flexibility index (Phi) is 2.89. The summed E-state index contributed by atoms with van der Waals surface area (Å²) in [6.45, 7) is 0.412. The zero-order valence-corrected chi connectivity index (χ0v) is 10.3. The first-order valence-corrected chi connectivity index (χ1v) is 6.41. The number of ether oxygens (including phenoxy) is 1. The standard InChI is InChI=1S/C14H15NO4/c16-13(8-5-6-9(8)14(17)18)15-11-7-19-12-4-2-1-3-10(11)12/h1-4,8-9,11H,5-7H2,(H,15,16)(H,17,18). The number of benzene rings is 1. The molecule has 0 bridgehead atoms. The Bertz CT molecular complexity index is 528. The highest BCUT2D eigenvalue weighted by atomic mass is 16.5. The van der Waals surface area contributed by atoms with Crippen LogP contribution in [-0.4, -0.2) is 23.6 Å². The van der Waals surface area contributed by atoms with Gasteiger partial charge in [-0.2, -0.15) is 0 Å². The zero-order valence-electron chi connectivity index (χ0n) is 10.3. The van der Waals surface area contributed by atoms with Crippen LogP contribution in [0.1, 0.15) is 24.4 Å². The van der Waals surface area contributed by atoms with Gasteiger partial charge < -0.3 is 15.2 Å². The SMILES string of the molecule is O=C(O)C1CCC1C(=O)NC1COc2ccccc21. The number of amides is 1. The van der Waals surface area contributed by atoms with E-state index in [0.29, 0.717) is 19.4 Å². The van der Waals surface area contributed by atoms with Crippen LogP contribution in [-0.2, 0) is 9.59 Å². The third-order valence-electron chi connectivity index (χ3n) is 3.94. The van der Waals surface area contributed by atoms with E-state index in [-0.39, 0.29) is 11.9 Å². The number of carbonyl (C=O) groups excluding carboxylic acids is 1. The number of fused-ring (bicyclic) bond motifs is 1. The maximum absolute atomic E-state index is 12.1. The smallest absolute Gasteiger partial charge is 0.307 e. The van der Waals surface area contributed by atoms with Crippen molar-refractivity contribution in [2.24, 2.45) is 11.8 Å². The maximum atomic E-state index is 12.1. The van der Waals surface area contributed by atoms with Gasteiger partial charge in [0.25, 0.3) is 0 Å². The van der Waals surface area contributed by atoms with Crippen molar-refractivity contribution >= 4 is 11.9 Å². The van der Waals surface area contributed by atoms with E-state index in [4.69, 9.17) is 9.84 Å². The van der Waals surface area contributed by atoms with E-state index in [1.807, 2.05) is 24.3 Å². The van der Waals surface area contributed by atoms with Gasteiger partial charge in [0.2, 0.25) is 5.91 Å². The Hall–Kier alpha value is -2.04. The van der Waals surface area contributed by atoms with Gasteiger partial charge in [0, 0.05) is 5.56 Å². The largest absolute Gasteiger partial charge is 0.491 e. The number of rotatable bonds is 3. The zero-order chi connectivity index (χ0) is 13.4. The molecular weight excluding hydrogens is 246 g/mol. The second-order valence-corrected chi connectivity index (χ2v) is 5.04. The first-order chi connectivity index (χ1) is 9.16. The fourth-order valence-electron chi connectivity index (χ4n) is 2.67. The van der Waals surface area contributed by atoms with E-state index in [1.165, 1.54) is 0 Å². The lowest BCUT2D eigenvalue weighted by Crippen LogP contribution is -2.45. The number of aliphatic carboxylic acids is 1. The Morgan fingerprint density at radius 1 is 1.21 bits per heavy atom. The lowest BCUT2D eigenvalue weighted by atomic mass is 9.73. The number of carboxylic acids is 1. The average Bonchev–Trinajstić information content (AvgIpc) is 2.70. The first-order valence-electron chi connectivity index (χ1n) is 6.41. The molecule has 1 aromatic rings. The Morgan fingerprint density at radius 3 is 2.63 bits per heavy atom. The number of para-hydroxylation sites is 1. The van der Waals surface area contributed by atoms with Crippen molar-refractivity contribution in [3.63, 3.8) is 0 Å². The Labute approximate surface area is 110 Å². The van der Waals surface area contributed by atoms with E-state index >= 15 is 0 Å². The van der Waals surface area contributed by atoms with E-state index < -0.39 is 17.8 Å². The molecule has 1 heterocycles. The van der Waals surface area contributed by atoms with Crippen LogP contribution in [0.3, 0.4) is 0 Å². The lowest BCUT2D eigenvalue weighted by Gasteiger charge is -2.32. The highest BCUT2D eigenvalue weighted by molar-refractivity contribution is 5.86. The number of carbonyl (C=O) groups is 2. The normalized spacial score (nSPS) is 27.9. The third kappa shape index (κ3) is 2.05. The van der Waals surface area contributed by atoms with Crippen molar-refractivity contribution in [3.8, 4) is 5.75 Å². The quantitative estimate of drug-likeness (QED) is 0.861. The predicted octanol–water partition coefficient (Wildman–Crippen LogP) is 1.35. The van der Waals surface area contributed by atoms with Crippen LogP contribution in [0.25, 0.3) is 0 Å². The number of hydrogen-bond donors (Lipinski definition) is 2. The second kappa shape index (κ2) is 4.57. The van der Waals surface area contributed by atoms with Gasteiger partial charge in [0.1, 0.15) is 12.4 Å². The summed E-state index contributed by atoms with van der Waals surface area (Å²) in [5.41, 5.74) is 0.960. The van der Waals surface area contributed by atoms with Crippen molar-refractivity contribution in [1.29, 1.82) is 0 Å². The van der Waals surface area contributed by atoms with Crippen molar-refractivity contribution in [2.75, 3.05) is 6.61 Å². The highest BCUT2D eigenvalue weighted by Crippen LogP contribution is 2.36. The van der Waals surface area contributed by atoms with Crippen molar-refractivity contribution in [3.05, 3.63) is 29.8 Å². The van der Waals surface area contributed by atoms with Crippen molar-refractivity contribution < 1.29 is 19.4 Å². The second-order valence-electron chi connectivity index (χ2n) is 5.04. The van der Waals surface area contributed by atoms with Gasteiger partial charge in [-0.25, -0.2) is 0 Å². The minimum atomic E-state index is -0.880. The molecule has 1 aromatic carbocycles. The van der Waals surface area contributed by atoms with Crippen LogP contribution in [0.4, 0.5) is 0 Å². The molecule has 0 saturated heterocycles. The molecule has 2 N–H and O–H groups in total. The molecule has 1 saturated carbocycles. The van der Waals surface area contributed by atoms with Gasteiger partial charge in [0.05, 0.1) is 17.9 Å². The lowest BCUT2D eigenvalue weighted by molar-refractivity contribution is -0.153. The predicted molar refractivity (Wildman–Crippen MR) is 66.7 cm³/mol. The number of nitrogens with one attached hydrogen (secondary N) is 1. The molecule has 100 valence electrons. The topological polar surface area (TPSA) is 75.6 Å². The molecule has 0 spiro atoms. The first kappa shape index (κ1) is 12.0. The minimum Gasteiger partial charge on any atom is -0.491 e. The van der Waals surface area contributed by atoms with E-state index in [2.05, 4.69) is 5.32 Å². The molecule has 5 heteroatoms. The van der Waals surface area contributed by atoms with Crippen LogP contribution >= 0.6 is 0 Å². The van der Waals surface area contributed by atoms with Crippen LogP contribution in [0.5, 0.6) is 5.75 Å². The summed E-state index contributed by atoms with van der Waals surface area (Å²) in [6, 6.07) is 7.40. The monoisotopic (exact) mass is 261 g/mol. The van der Waals surface area contributed by atoms with Gasteiger partial charge >= 0.3 is 5.97 Å². The van der Waals surface area contributed by atoms with Crippen LogP contribution in [0.2, 0.25) is 0 Å². The molecule has 1 aliphatic carbocycles. The van der Waals surface area contributed by atoms with Crippen LogP contribution in [0, 0.1) is 11.8 Å². The fourth-order valence-corrected chi connectivity index (χ4v) is 2.67. The molecule has 2 aliphatic rings. The Balaban J connectivity index is 1.67. The summed E-state index contributed by atoms with van der Waals surface area (Å²) in [5, 5.41) is 11.9. The molecule has 3 unspecified atom stereocenters. The molecule has 3 atom stereocenters. The number of carboxylic acid groups (broad SMARTS) is 1. The third-order valence-corrected chi connectivity index (χ3v) is 3.94. The van der Waals surface area contributed by atoms with Gasteiger partial charge in [-0.1, -0.05) is 18.2 Å². The summed E-state index contributed by atoms with van der Waals surface area (Å²) in [7, 11) is 0. The van der Waals surface area contributed by atoms with Crippen LogP contribution < -0.4 is 10.1 Å². The van der Waals surface area contributed by atoms with Gasteiger partial charge in [-0.05, 0) is 18.9 Å². The molecule has 3 rings (SSSR count). The van der Waals surface area contributed by atoms with Gasteiger partial charge in [-0.15, -0.1) is 0 Å². The molecular formula is C14H15NO4. The van der Waals surface area contributed by atoms with E-state index in [9.17, 15) is 9.59 Å². The van der Waals surface area contributed by atoms with Gasteiger partial charge in [0.15, 0.2) is 0 Å².